The van der Waals surface area contributed by atoms with Gasteiger partial charge in [-0.3, -0.25) is 5.32 Å². The van der Waals surface area contributed by atoms with Crippen molar-refractivity contribution in [2.24, 2.45) is 0 Å². The van der Waals surface area contributed by atoms with Crippen molar-refractivity contribution in [3.05, 3.63) is 29.8 Å². The van der Waals surface area contributed by atoms with Crippen LogP contribution in [0.25, 0.3) is 0 Å². The average Bonchev–Trinajstić information content (AvgIpc) is 2.43. The highest BCUT2D eigenvalue weighted by Gasteiger charge is 2.21. The predicted molar refractivity (Wildman–Crippen MR) is 73.6 cm³/mol. The van der Waals surface area contributed by atoms with E-state index in [1.807, 2.05) is 19.1 Å². The molecule has 1 N–H and O–H groups in total. The number of unbranched alkanes of at least 4 members (excludes halogenated alkanes) is 1. The summed E-state index contributed by atoms with van der Waals surface area (Å²) in [6.45, 7) is 4.36. The van der Waals surface area contributed by atoms with E-state index in [4.69, 9.17) is 10.00 Å². The first kappa shape index (κ1) is 14.5. The molecule has 1 atom stereocenters. The number of nitriles is 1. The Morgan fingerprint density at radius 2 is 2.00 bits per heavy atom. The van der Waals surface area contributed by atoms with Gasteiger partial charge in [0.05, 0.1) is 6.07 Å². The molecular weight excluding hydrogens is 224 g/mol. The van der Waals surface area contributed by atoms with Crippen molar-refractivity contribution in [2.75, 3.05) is 13.7 Å². The molecule has 0 fully saturated rings. The predicted octanol–water partition coefficient (Wildman–Crippen LogP) is 2.91. The van der Waals surface area contributed by atoms with E-state index in [2.05, 4.69) is 30.4 Å². The molecule has 3 heteroatoms. The number of nitrogens with zero attached hydrogens (tertiary/aromatic N) is 1. The molecule has 3 nitrogen and oxygen atoms in total. The average molecular weight is 246 g/mol. The Morgan fingerprint density at radius 1 is 1.33 bits per heavy atom. The Kier molecular flexibility index (Phi) is 5.67. The fraction of sp³-hybridized carbons (Fsp3) is 0.533. The molecule has 0 radical (unpaired) electrons. The summed E-state index contributed by atoms with van der Waals surface area (Å²) in [6.07, 6.45) is 3.54. The van der Waals surface area contributed by atoms with Crippen LogP contribution in [-0.4, -0.2) is 19.2 Å². The molecule has 0 amide bonds. The van der Waals surface area contributed by atoms with E-state index >= 15 is 0 Å². The third-order valence-electron chi connectivity index (χ3n) is 3.07. The van der Waals surface area contributed by atoms with Crippen molar-refractivity contribution in [2.45, 2.75) is 38.6 Å². The number of benzene rings is 1. The Balaban J connectivity index is 2.51. The third kappa shape index (κ3) is 4.38. The van der Waals surface area contributed by atoms with E-state index in [0.717, 1.165) is 12.2 Å². The van der Waals surface area contributed by atoms with E-state index in [1.54, 1.807) is 7.05 Å². The van der Waals surface area contributed by atoms with Gasteiger partial charge in [-0.25, -0.2) is 0 Å². The normalized spacial score (nSPS) is 13.7. The highest BCUT2D eigenvalue weighted by atomic mass is 16.5. The van der Waals surface area contributed by atoms with Crippen LogP contribution in [0.2, 0.25) is 0 Å². The first-order chi connectivity index (χ1) is 8.63. The summed E-state index contributed by atoms with van der Waals surface area (Å²) in [7, 11) is 1.76. The summed E-state index contributed by atoms with van der Waals surface area (Å²) in [5, 5.41) is 12.0. The second kappa shape index (κ2) is 7.03. The second-order valence-electron chi connectivity index (χ2n) is 4.73. The summed E-state index contributed by atoms with van der Waals surface area (Å²) in [5.74, 6) is 0.812. The summed E-state index contributed by atoms with van der Waals surface area (Å²) in [5.41, 5.74) is 0.696. The SMILES string of the molecule is CCCCc1ccc(OCC(C)(C#N)NC)cc1. The van der Waals surface area contributed by atoms with Crippen LogP contribution in [0.4, 0.5) is 0 Å². The molecule has 18 heavy (non-hydrogen) atoms. The molecule has 0 aliphatic heterocycles. The van der Waals surface area contributed by atoms with Crippen LogP contribution in [0, 0.1) is 11.3 Å². The van der Waals surface area contributed by atoms with Gasteiger partial charge in [0.2, 0.25) is 0 Å². The van der Waals surface area contributed by atoms with E-state index in [-0.39, 0.29) is 0 Å². The topological polar surface area (TPSA) is 45.0 Å². The highest BCUT2D eigenvalue weighted by molar-refractivity contribution is 5.27. The van der Waals surface area contributed by atoms with Gasteiger partial charge < -0.3 is 4.74 Å². The minimum Gasteiger partial charge on any atom is -0.491 e. The van der Waals surface area contributed by atoms with Crippen molar-refractivity contribution in [3.8, 4) is 11.8 Å². The molecule has 1 unspecified atom stereocenters. The molecule has 0 saturated carbocycles. The summed E-state index contributed by atoms with van der Waals surface area (Å²) in [4.78, 5) is 0. The first-order valence-corrected chi connectivity index (χ1v) is 6.45. The highest BCUT2D eigenvalue weighted by Crippen LogP contribution is 2.15. The molecule has 0 aromatic heterocycles. The number of hydrogen-bond acceptors (Lipinski definition) is 3. The standard InChI is InChI=1S/C15H22N2O/c1-4-5-6-13-7-9-14(10-8-13)18-12-15(2,11-16)17-3/h7-10,17H,4-6,12H2,1-3H3. The molecule has 0 aliphatic carbocycles. The van der Waals surface area contributed by atoms with E-state index in [0.29, 0.717) is 6.61 Å². The van der Waals surface area contributed by atoms with Crippen LogP contribution in [0.15, 0.2) is 24.3 Å². The molecule has 1 aromatic carbocycles. The minimum atomic E-state index is -0.638. The van der Waals surface area contributed by atoms with Crippen molar-refractivity contribution in [3.63, 3.8) is 0 Å². The van der Waals surface area contributed by atoms with Gasteiger partial charge in [-0.15, -0.1) is 0 Å². The zero-order valence-electron chi connectivity index (χ0n) is 11.5. The maximum atomic E-state index is 9.01. The number of nitrogens with one attached hydrogen (secondary N) is 1. The molecule has 98 valence electrons. The third-order valence-corrected chi connectivity index (χ3v) is 3.07. The van der Waals surface area contributed by atoms with Crippen molar-refractivity contribution in [1.29, 1.82) is 5.26 Å². The molecular formula is C15H22N2O. The molecule has 1 rings (SSSR count). The van der Waals surface area contributed by atoms with Gasteiger partial charge >= 0.3 is 0 Å². The zero-order valence-corrected chi connectivity index (χ0v) is 11.5. The van der Waals surface area contributed by atoms with Crippen LogP contribution in [0.1, 0.15) is 32.3 Å². The molecule has 0 spiro atoms. The number of likely N-dealkylation sites (N-methyl/N-ethyl adjacent to an activating group) is 1. The van der Waals surface area contributed by atoms with Gasteiger partial charge in [0, 0.05) is 0 Å². The Bertz CT molecular complexity index is 394. The Labute approximate surface area is 110 Å². The lowest BCUT2D eigenvalue weighted by Gasteiger charge is -2.20. The number of ether oxygens (including phenoxy) is 1. The summed E-state index contributed by atoms with van der Waals surface area (Å²) < 4.78 is 5.63. The van der Waals surface area contributed by atoms with Crippen LogP contribution < -0.4 is 10.1 Å². The van der Waals surface area contributed by atoms with Gasteiger partial charge in [0.1, 0.15) is 17.9 Å². The van der Waals surface area contributed by atoms with E-state index < -0.39 is 5.54 Å². The van der Waals surface area contributed by atoms with Crippen LogP contribution in [0.5, 0.6) is 5.75 Å². The fourth-order valence-electron chi connectivity index (χ4n) is 1.52. The molecule has 1 aromatic rings. The first-order valence-electron chi connectivity index (χ1n) is 6.45. The number of rotatable bonds is 7. The number of hydrogen-bond donors (Lipinski definition) is 1. The van der Waals surface area contributed by atoms with Crippen LogP contribution in [0.3, 0.4) is 0 Å². The molecule has 0 aliphatic rings. The number of aryl methyl sites for hydroxylation is 1. The van der Waals surface area contributed by atoms with Crippen LogP contribution >= 0.6 is 0 Å². The van der Waals surface area contributed by atoms with Gasteiger partial charge in [0.25, 0.3) is 0 Å². The Hall–Kier alpha value is -1.53. The van der Waals surface area contributed by atoms with Crippen molar-refractivity contribution in [1.82, 2.24) is 5.32 Å². The molecule has 0 heterocycles. The van der Waals surface area contributed by atoms with Gasteiger partial charge in [0.15, 0.2) is 0 Å². The summed E-state index contributed by atoms with van der Waals surface area (Å²) in [6, 6.07) is 10.3. The quantitative estimate of drug-likeness (QED) is 0.804. The van der Waals surface area contributed by atoms with Gasteiger partial charge in [-0.05, 0) is 44.5 Å². The monoisotopic (exact) mass is 246 g/mol. The van der Waals surface area contributed by atoms with Crippen molar-refractivity contribution < 1.29 is 4.74 Å². The van der Waals surface area contributed by atoms with E-state index in [9.17, 15) is 0 Å². The maximum Gasteiger partial charge on any atom is 0.137 e. The van der Waals surface area contributed by atoms with Gasteiger partial charge in [-0.2, -0.15) is 5.26 Å². The zero-order chi connectivity index (χ0) is 13.4. The van der Waals surface area contributed by atoms with E-state index in [1.165, 1.54) is 18.4 Å². The fourth-order valence-corrected chi connectivity index (χ4v) is 1.52. The smallest absolute Gasteiger partial charge is 0.137 e. The lowest BCUT2D eigenvalue weighted by molar-refractivity contribution is 0.242. The lowest BCUT2D eigenvalue weighted by atomic mass is 10.1. The van der Waals surface area contributed by atoms with Crippen LogP contribution in [-0.2, 0) is 6.42 Å². The maximum absolute atomic E-state index is 9.01. The largest absolute Gasteiger partial charge is 0.491 e. The minimum absolute atomic E-state index is 0.342. The lowest BCUT2D eigenvalue weighted by Crippen LogP contribution is -2.43. The van der Waals surface area contributed by atoms with Crippen molar-refractivity contribution >= 4 is 0 Å². The second-order valence-corrected chi connectivity index (χ2v) is 4.73. The molecule has 0 saturated heterocycles. The summed E-state index contributed by atoms with van der Waals surface area (Å²) >= 11 is 0. The Morgan fingerprint density at radius 3 is 2.50 bits per heavy atom. The molecule has 0 bridgehead atoms. The van der Waals surface area contributed by atoms with Gasteiger partial charge in [-0.1, -0.05) is 25.5 Å².